The maximum Gasteiger partial charge on any atom is 0.155 e. The highest BCUT2D eigenvalue weighted by atomic mass is 15.0. The Labute approximate surface area is 162 Å². The average Bonchev–Trinajstić information content (AvgIpc) is 3.18. The first-order valence-electron chi connectivity index (χ1n) is 10.0. The Balaban J connectivity index is 1.62. The van der Waals surface area contributed by atoms with Gasteiger partial charge in [-0.05, 0) is 66.4 Å². The van der Waals surface area contributed by atoms with E-state index in [1.807, 2.05) is 0 Å². The SMILES string of the molecule is C=C1CC(CC)(CC)Cc2ccc(C3=NC(c4ccc(C)cc4)=NC3)cc21. The van der Waals surface area contributed by atoms with Crippen molar-refractivity contribution in [3.05, 3.63) is 76.9 Å². The fourth-order valence-corrected chi connectivity index (χ4v) is 4.37. The lowest BCUT2D eigenvalue weighted by atomic mass is 9.66. The second-order valence-electron chi connectivity index (χ2n) is 8.10. The van der Waals surface area contributed by atoms with Crippen LogP contribution in [0.4, 0.5) is 0 Å². The molecule has 0 N–H and O–H groups in total. The Bertz CT molecular complexity index is 941. The number of aryl methyl sites for hydroxylation is 1. The molecule has 0 fully saturated rings. The van der Waals surface area contributed by atoms with Gasteiger partial charge in [0.15, 0.2) is 5.84 Å². The van der Waals surface area contributed by atoms with Crippen LogP contribution in [0.15, 0.2) is 59.0 Å². The number of nitrogens with zero attached hydrogens (tertiary/aromatic N) is 2. The topological polar surface area (TPSA) is 24.7 Å². The number of hydrogen-bond donors (Lipinski definition) is 0. The van der Waals surface area contributed by atoms with E-state index in [0.29, 0.717) is 12.0 Å². The Morgan fingerprint density at radius 1 is 0.963 bits per heavy atom. The predicted molar refractivity (Wildman–Crippen MR) is 116 cm³/mol. The van der Waals surface area contributed by atoms with Gasteiger partial charge in [0, 0.05) is 5.56 Å². The molecule has 0 unspecified atom stereocenters. The van der Waals surface area contributed by atoms with Crippen molar-refractivity contribution in [3.63, 3.8) is 0 Å². The molecule has 1 heterocycles. The minimum absolute atomic E-state index is 0.387. The summed E-state index contributed by atoms with van der Waals surface area (Å²) >= 11 is 0. The molecule has 1 aliphatic heterocycles. The van der Waals surface area contributed by atoms with Crippen molar-refractivity contribution in [2.24, 2.45) is 15.4 Å². The molecule has 0 amide bonds. The monoisotopic (exact) mass is 356 g/mol. The highest BCUT2D eigenvalue weighted by molar-refractivity contribution is 6.17. The van der Waals surface area contributed by atoms with Gasteiger partial charge in [0.2, 0.25) is 0 Å². The van der Waals surface area contributed by atoms with Crippen molar-refractivity contribution in [2.75, 3.05) is 6.54 Å². The molecular formula is C25H28N2. The molecule has 2 aliphatic rings. The van der Waals surface area contributed by atoms with Crippen LogP contribution < -0.4 is 0 Å². The van der Waals surface area contributed by atoms with Crippen LogP contribution in [0.25, 0.3) is 5.57 Å². The van der Waals surface area contributed by atoms with E-state index in [4.69, 9.17) is 4.99 Å². The Kier molecular flexibility index (Phi) is 4.59. The normalized spacial score (nSPS) is 18.1. The number of rotatable bonds is 4. The molecule has 0 spiro atoms. The van der Waals surface area contributed by atoms with Gasteiger partial charge in [-0.3, -0.25) is 4.99 Å². The molecule has 1 aliphatic carbocycles. The lowest BCUT2D eigenvalue weighted by Crippen LogP contribution is -2.27. The molecule has 2 aromatic carbocycles. The van der Waals surface area contributed by atoms with Crippen molar-refractivity contribution in [1.82, 2.24) is 0 Å². The minimum atomic E-state index is 0.387. The third-order valence-corrected chi connectivity index (χ3v) is 6.41. The maximum atomic E-state index is 4.83. The minimum Gasteiger partial charge on any atom is -0.260 e. The predicted octanol–water partition coefficient (Wildman–Crippen LogP) is 6.01. The molecule has 2 heteroatoms. The van der Waals surface area contributed by atoms with E-state index in [1.54, 1.807) is 0 Å². The van der Waals surface area contributed by atoms with E-state index in [2.05, 4.69) is 74.8 Å². The summed E-state index contributed by atoms with van der Waals surface area (Å²) < 4.78 is 0. The molecule has 0 atom stereocenters. The molecule has 2 nitrogen and oxygen atoms in total. The number of aliphatic imine (C=N–C) groups is 2. The first-order valence-corrected chi connectivity index (χ1v) is 10.0. The Hall–Kier alpha value is -2.48. The van der Waals surface area contributed by atoms with Gasteiger partial charge in [0.05, 0.1) is 12.3 Å². The van der Waals surface area contributed by atoms with Crippen LogP contribution in [0, 0.1) is 12.3 Å². The molecular weight excluding hydrogens is 328 g/mol. The van der Waals surface area contributed by atoms with Crippen LogP contribution in [0.5, 0.6) is 0 Å². The zero-order valence-corrected chi connectivity index (χ0v) is 16.7. The molecule has 0 radical (unpaired) electrons. The van der Waals surface area contributed by atoms with Crippen molar-refractivity contribution < 1.29 is 0 Å². The van der Waals surface area contributed by atoms with Crippen LogP contribution >= 0.6 is 0 Å². The fourth-order valence-electron chi connectivity index (χ4n) is 4.37. The van der Waals surface area contributed by atoms with Crippen molar-refractivity contribution in [3.8, 4) is 0 Å². The summed E-state index contributed by atoms with van der Waals surface area (Å²) in [6.45, 7) is 11.8. The smallest absolute Gasteiger partial charge is 0.155 e. The highest BCUT2D eigenvalue weighted by Crippen LogP contribution is 2.45. The van der Waals surface area contributed by atoms with Crippen LogP contribution in [0.1, 0.15) is 60.9 Å². The molecule has 27 heavy (non-hydrogen) atoms. The standard InChI is InChI=1S/C25H28N2/c1-5-25(6-2)14-18(4)22-13-20(11-12-21(22)15-25)23-16-26-24(27-23)19-9-7-17(3)8-10-19/h7-13H,4-6,14-16H2,1-3H3. The van der Waals surface area contributed by atoms with Gasteiger partial charge in [-0.2, -0.15) is 0 Å². The van der Waals surface area contributed by atoms with Gasteiger partial charge >= 0.3 is 0 Å². The number of amidine groups is 1. The van der Waals surface area contributed by atoms with E-state index >= 15 is 0 Å². The summed E-state index contributed by atoms with van der Waals surface area (Å²) in [6.07, 6.45) is 4.69. The van der Waals surface area contributed by atoms with Crippen LogP contribution in [0.3, 0.4) is 0 Å². The molecule has 0 saturated carbocycles. The molecule has 0 aromatic heterocycles. The summed E-state index contributed by atoms with van der Waals surface area (Å²) in [6, 6.07) is 15.2. The van der Waals surface area contributed by atoms with Gasteiger partial charge in [-0.25, -0.2) is 4.99 Å². The van der Waals surface area contributed by atoms with Crippen molar-refractivity contribution in [1.29, 1.82) is 0 Å². The number of benzene rings is 2. The van der Waals surface area contributed by atoms with E-state index in [0.717, 1.165) is 30.0 Å². The van der Waals surface area contributed by atoms with E-state index in [1.165, 1.54) is 40.7 Å². The highest BCUT2D eigenvalue weighted by Gasteiger charge is 2.33. The van der Waals surface area contributed by atoms with Gasteiger partial charge in [-0.1, -0.05) is 62.4 Å². The molecule has 0 saturated heterocycles. The van der Waals surface area contributed by atoms with Crippen LogP contribution in [-0.4, -0.2) is 18.1 Å². The summed E-state index contributed by atoms with van der Waals surface area (Å²) in [7, 11) is 0. The lowest BCUT2D eigenvalue weighted by Gasteiger charge is -2.38. The number of fused-ring (bicyclic) bond motifs is 1. The summed E-state index contributed by atoms with van der Waals surface area (Å²) in [5.74, 6) is 0.845. The zero-order chi connectivity index (χ0) is 19.0. The van der Waals surface area contributed by atoms with Gasteiger partial charge < -0.3 is 0 Å². The third-order valence-electron chi connectivity index (χ3n) is 6.41. The second-order valence-corrected chi connectivity index (χ2v) is 8.10. The first-order chi connectivity index (χ1) is 13.0. The van der Waals surface area contributed by atoms with E-state index in [9.17, 15) is 0 Å². The molecule has 4 rings (SSSR count). The molecule has 138 valence electrons. The van der Waals surface area contributed by atoms with Crippen LogP contribution in [0.2, 0.25) is 0 Å². The number of allylic oxidation sites excluding steroid dienone is 1. The number of hydrogen-bond acceptors (Lipinski definition) is 2. The van der Waals surface area contributed by atoms with E-state index < -0.39 is 0 Å². The molecule has 2 aromatic rings. The largest absolute Gasteiger partial charge is 0.260 e. The second kappa shape index (κ2) is 6.92. The lowest BCUT2D eigenvalue weighted by molar-refractivity contribution is 0.261. The molecule has 0 bridgehead atoms. The third kappa shape index (κ3) is 3.29. The van der Waals surface area contributed by atoms with Crippen molar-refractivity contribution in [2.45, 2.75) is 46.5 Å². The summed E-state index contributed by atoms with van der Waals surface area (Å²) in [5, 5.41) is 0. The first kappa shape index (κ1) is 17.9. The summed E-state index contributed by atoms with van der Waals surface area (Å²) in [5.41, 5.74) is 9.02. The zero-order valence-electron chi connectivity index (χ0n) is 16.7. The van der Waals surface area contributed by atoms with Crippen LogP contribution in [-0.2, 0) is 6.42 Å². The van der Waals surface area contributed by atoms with Gasteiger partial charge in [0.25, 0.3) is 0 Å². The Morgan fingerprint density at radius 3 is 2.37 bits per heavy atom. The van der Waals surface area contributed by atoms with Gasteiger partial charge in [0.1, 0.15) is 0 Å². The van der Waals surface area contributed by atoms with E-state index in [-0.39, 0.29) is 0 Å². The fraction of sp³-hybridized carbons (Fsp3) is 0.360. The van der Waals surface area contributed by atoms with Gasteiger partial charge in [-0.15, -0.1) is 0 Å². The summed E-state index contributed by atoms with van der Waals surface area (Å²) in [4.78, 5) is 9.49. The Morgan fingerprint density at radius 2 is 1.67 bits per heavy atom. The quantitative estimate of drug-likeness (QED) is 0.641. The maximum absolute atomic E-state index is 4.83. The average molecular weight is 357 g/mol. The van der Waals surface area contributed by atoms with Crippen molar-refractivity contribution >= 4 is 17.1 Å².